The lowest BCUT2D eigenvalue weighted by Crippen LogP contribution is -2.43. The van der Waals surface area contributed by atoms with E-state index in [1.807, 2.05) is 0 Å². The van der Waals surface area contributed by atoms with Crippen LogP contribution in [0.3, 0.4) is 0 Å². The normalized spacial score (nSPS) is 36.2. The fraction of sp³-hybridized carbons (Fsp3) is 0.923. The number of β-amino-alcohol motifs (C(OH)–C–C–N with tert-alkyl or cyclic N) is 1. The second kappa shape index (κ2) is 5.99. The van der Waals surface area contributed by atoms with Crippen LogP contribution in [0.2, 0.25) is 0 Å². The molecule has 2 heterocycles. The van der Waals surface area contributed by atoms with E-state index in [-0.39, 0.29) is 24.2 Å². The highest BCUT2D eigenvalue weighted by Gasteiger charge is 2.32. The molecule has 2 aliphatic heterocycles. The minimum absolute atomic E-state index is 0.000885. The van der Waals surface area contributed by atoms with Gasteiger partial charge >= 0.3 is 0 Å². The van der Waals surface area contributed by atoms with Gasteiger partial charge in [0, 0.05) is 25.6 Å². The molecule has 0 aromatic carbocycles. The van der Waals surface area contributed by atoms with Crippen LogP contribution in [0.1, 0.15) is 26.7 Å². The number of carbonyl (C=O) groups is 1. The van der Waals surface area contributed by atoms with Crippen molar-refractivity contribution in [1.82, 2.24) is 10.6 Å². The molecule has 0 spiro atoms. The molecular formula is C13H24N2O3. The quantitative estimate of drug-likeness (QED) is 0.656. The van der Waals surface area contributed by atoms with Gasteiger partial charge in [-0.1, -0.05) is 13.8 Å². The van der Waals surface area contributed by atoms with Crippen LogP contribution in [0.5, 0.6) is 0 Å². The number of ether oxygens (including phenoxy) is 1. The molecule has 4 atom stereocenters. The third-order valence-corrected chi connectivity index (χ3v) is 3.88. The highest BCUT2D eigenvalue weighted by atomic mass is 16.5. The fourth-order valence-electron chi connectivity index (χ4n) is 2.88. The summed E-state index contributed by atoms with van der Waals surface area (Å²) >= 11 is 0. The lowest BCUT2D eigenvalue weighted by molar-refractivity contribution is -0.123. The van der Waals surface area contributed by atoms with E-state index in [9.17, 15) is 9.90 Å². The molecule has 104 valence electrons. The van der Waals surface area contributed by atoms with Gasteiger partial charge in [-0.3, -0.25) is 4.79 Å². The van der Waals surface area contributed by atoms with Gasteiger partial charge in [0.25, 0.3) is 0 Å². The van der Waals surface area contributed by atoms with Gasteiger partial charge in [0.05, 0.1) is 18.2 Å². The molecule has 1 amide bonds. The average molecular weight is 256 g/mol. The number of aliphatic hydroxyl groups is 1. The van der Waals surface area contributed by atoms with E-state index >= 15 is 0 Å². The van der Waals surface area contributed by atoms with Crippen molar-refractivity contribution in [1.29, 1.82) is 0 Å². The van der Waals surface area contributed by atoms with Crippen molar-refractivity contribution >= 4 is 5.91 Å². The van der Waals surface area contributed by atoms with E-state index in [1.165, 1.54) is 0 Å². The monoisotopic (exact) mass is 256 g/mol. The first-order valence-corrected chi connectivity index (χ1v) is 6.88. The van der Waals surface area contributed by atoms with Crippen molar-refractivity contribution in [2.45, 2.75) is 44.9 Å². The molecule has 18 heavy (non-hydrogen) atoms. The summed E-state index contributed by atoms with van der Waals surface area (Å²) in [6.07, 6.45) is 1.40. The summed E-state index contributed by atoms with van der Waals surface area (Å²) in [4.78, 5) is 11.9. The number of hydrogen-bond acceptors (Lipinski definition) is 4. The van der Waals surface area contributed by atoms with Gasteiger partial charge in [-0.05, 0) is 18.8 Å². The van der Waals surface area contributed by atoms with Crippen LogP contribution in [-0.4, -0.2) is 49.0 Å². The van der Waals surface area contributed by atoms with Gasteiger partial charge in [0.2, 0.25) is 5.91 Å². The first-order valence-electron chi connectivity index (χ1n) is 6.88. The predicted molar refractivity (Wildman–Crippen MR) is 68.1 cm³/mol. The van der Waals surface area contributed by atoms with Crippen LogP contribution >= 0.6 is 0 Å². The molecule has 5 nitrogen and oxygen atoms in total. The van der Waals surface area contributed by atoms with E-state index in [2.05, 4.69) is 24.5 Å². The molecule has 2 saturated heterocycles. The Morgan fingerprint density at radius 2 is 2.33 bits per heavy atom. The molecule has 0 aromatic rings. The molecule has 2 rings (SSSR count). The van der Waals surface area contributed by atoms with Crippen molar-refractivity contribution < 1.29 is 14.6 Å². The fourth-order valence-corrected chi connectivity index (χ4v) is 2.88. The minimum Gasteiger partial charge on any atom is -0.392 e. The van der Waals surface area contributed by atoms with E-state index in [4.69, 9.17) is 4.74 Å². The summed E-state index contributed by atoms with van der Waals surface area (Å²) in [6, 6.07) is -0.236. The summed E-state index contributed by atoms with van der Waals surface area (Å²) in [5, 5.41) is 15.4. The Hall–Kier alpha value is -0.650. The SMILES string of the molecule is CC(C)C1OCCC1CNC(=O)C1CC(O)CN1. The van der Waals surface area contributed by atoms with Crippen molar-refractivity contribution in [3.05, 3.63) is 0 Å². The Morgan fingerprint density at radius 1 is 1.56 bits per heavy atom. The zero-order chi connectivity index (χ0) is 13.1. The summed E-state index contributed by atoms with van der Waals surface area (Å²) in [7, 11) is 0. The highest BCUT2D eigenvalue weighted by molar-refractivity contribution is 5.82. The number of nitrogens with one attached hydrogen (secondary N) is 2. The Kier molecular flexibility index (Phi) is 4.59. The van der Waals surface area contributed by atoms with Crippen molar-refractivity contribution in [2.75, 3.05) is 19.7 Å². The Morgan fingerprint density at radius 3 is 2.94 bits per heavy atom. The molecule has 0 saturated carbocycles. The number of amides is 1. The van der Waals surface area contributed by atoms with E-state index in [1.54, 1.807) is 0 Å². The zero-order valence-corrected chi connectivity index (χ0v) is 11.2. The van der Waals surface area contributed by atoms with E-state index in [0.29, 0.717) is 31.3 Å². The van der Waals surface area contributed by atoms with Gasteiger partial charge in [-0.15, -0.1) is 0 Å². The molecule has 0 aliphatic carbocycles. The van der Waals surface area contributed by atoms with Crippen molar-refractivity contribution in [2.24, 2.45) is 11.8 Å². The molecular weight excluding hydrogens is 232 g/mol. The standard InChI is InChI=1S/C13H24N2O3/c1-8(2)12-9(3-4-18-12)6-15-13(17)11-5-10(16)7-14-11/h8-12,14,16H,3-7H2,1-2H3,(H,15,17). The summed E-state index contributed by atoms with van der Waals surface area (Å²) in [6.45, 7) is 6.29. The van der Waals surface area contributed by atoms with Crippen LogP contribution in [0.25, 0.3) is 0 Å². The van der Waals surface area contributed by atoms with Crippen LogP contribution in [0.4, 0.5) is 0 Å². The van der Waals surface area contributed by atoms with E-state index in [0.717, 1.165) is 13.0 Å². The molecule has 2 fully saturated rings. The molecule has 0 radical (unpaired) electrons. The number of carbonyl (C=O) groups excluding carboxylic acids is 1. The predicted octanol–water partition coefficient (Wildman–Crippen LogP) is -0.113. The van der Waals surface area contributed by atoms with Crippen LogP contribution < -0.4 is 10.6 Å². The third kappa shape index (κ3) is 3.22. The number of rotatable bonds is 4. The summed E-state index contributed by atoms with van der Waals surface area (Å²) in [5.74, 6) is 0.905. The lowest BCUT2D eigenvalue weighted by Gasteiger charge is -2.22. The molecule has 0 bridgehead atoms. The molecule has 3 N–H and O–H groups in total. The summed E-state index contributed by atoms with van der Waals surface area (Å²) < 4.78 is 5.69. The Balaban J connectivity index is 1.75. The van der Waals surface area contributed by atoms with Crippen molar-refractivity contribution in [3.63, 3.8) is 0 Å². The molecule has 0 aromatic heterocycles. The van der Waals surface area contributed by atoms with Gasteiger partial charge < -0.3 is 20.5 Å². The Labute approximate surface area is 108 Å². The zero-order valence-electron chi connectivity index (χ0n) is 11.2. The maximum absolute atomic E-state index is 11.9. The lowest BCUT2D eigenvalue weighted by atomic mass is 9.93. The second-order valence-corrected chi connectivity index (χ2v) is 5.72. The molecule has 2 aliphatic rings. The van der Waals surface area contributed by atoms with Gasteiger partial charge in [0.1, 0.15) is 0 Å². The third-order valence-electron chi connectivity index (χ3n) is 3.88. The minimum atomic E-state index is -0.390. The smallest absolute Gasteiger partial charge is 0.237 e. The van der Waals surface area contributed by atoms with Crippen LogP contribution in [0, 0.1) is 11.8 Å². The van der Waals surface area contributed by atoms with Crippen molar-refractivity contribution in [3.8, 4) is 0 Å². The largest absolute Gasteiger partial charge is 0.392 e. The molecule has 4 unspecified atom stereocenters. The number of hydrogen-bond donors (Lipinski definition) is 3. The number of aliphatic hydroxyl groups excluding tert-OH is 1. The topological polar surface area (TPSA) is 70.6 Å². The maximum atomic E-state index is 11.9. The van der Waals surface area contributed by atoms with Crippen LogP contribution in [0.15, 0.2) is 0 Å². The average Bonchev–Trinajstić information content (AvgIpc) is 2.94. The summed E-state index contributed by atoms with van der Waals surface area (Å²) in [5.41, 5.74) is 0. The van der Waals surface area contributed by atoms with Gasteiger partial charge in [-0.2, -0.15) is 0 Å². The van der Waals surface area contributed by atoms with Gasteiger partial charge in [0.15, 0.2) is 0 Å². The molecule has 5 heteroatoms. The maximum Gasteiger partial charge on any atom is 0.237 e. The first kappa shape index (κ1) is 13.8. The second-order valence-electron chi connectivity index (χ2n) is 5.72. The van der Waals surface area contributed by atoms with Crippen LogP contribution in [-0.2, 0) is 9.53 Å². The highest BCUT2D eigenvalue weighted by Crippen LogP contribution is 2.26. The van der Waals surface area contributed by atoms with Gasteiger partial charge in [-0.25, -0.2) is 0 Å². The first-order chi connectivity index (χ1) is 8.58. The van der Waals surface area contributed by atoms with E-state index < -0.39 is 0 Å². The Bertz CT molecular complexity index is 296.